The Labute approximate surface area is 94.6 Å². The number of carbonyl (C=O) groups excluding carboxylic acids is 1. The SMILES string of the molecule is CC1(C(=O)NC(C(=O)O)C2CC2)CCCN1. The van der Waals surface area contributed by atoms with Gasteiger partial charge >= 0.3 is 5.97 Å². The van der Waals surface area contributed by atoms with Crippen LogP contribution in [0.3, 0.4) is 0 Å². The van der Waals surface area contributed by atoms with Crippen molar-refractivity contribution in [3.05, 3.63) is 0 Å². The molecule has 3 N–H and O–H groups in total. The van der Waals surface area contributed by atoms with Gasteiger partial charge in [-0.25, -0.2) is 4.79 Å². The van der Waals surface area contributed by atoms with Crippen molar-refractivity contribution < 1.29 is 14.7 Å². The smallest absolute Gasteiger partial charge is 0.326 e. The van der Waals surface area contributed by atoms with Crippen LogP contribution < -0.4 is 10.6 Å². The minimum Gasteiger partial charge on any atom is -0.480 e. The minimum atomic E-state index is -0.919. The third-order valence-electron chi connectivity index (χ3n) is 3.52. The molecule has 0 aromatic heterocycles. The molecule has 5 heteroatoms. The molecule has 0 spiro atoms. The molecule has 1 aliphatic carbocycles. The summed E-state index contributed by atoms with van der Waals surface area (Å²) in [7, 11) is 0. The van der Waals surface area contributed by atoms with Gasteiger partial charge in [0.05, 0.1) is 5.54 Å². The van der Waals surface area contributed by atoms with Crippen LogP contribution in [-0.2, 0) is 9.59 Å². The molecule has 90 valence electrons. The number of hydrogen-bond donors (Lipinski definition) is 3. The van der Waals surface area contributed by atoms with Gasteiger partial charge in [-0.15, -0.1) is 0 Å². The lowest BCUT2D eigenvalue weighted by Gasteiger charge is -2.25. The van der Waals surface area contributed by atoms with Crippen molar-refractivity contribution in [2.75, 3.05) is 6.54 Å². The Morgan fingerprint density at radius 1 is 1.50 bits per heavy atom. The highest BCUT2D eigenvalue weighted by Gasteiger charge is 2.42. The second-order valence-electron chi connectivity index (χ2n) is 4.99. The summed E-state index contributed by atoms with van der Waals surface area (Å²) in [6.45, 7) is 2.66. The summed E-state index contributed by atoms with van der Waals surface area (Å²) in [5.41, 5.74) is -0.581. The average Bonchev–Trinajstić information content (AvgIpc) is 2.96. The number of carboxylic acid groups (broad SMARTS) is 1. The largest absolute Gasteiger partial charge is 0.480 e. The normalized spacial score (nSPS) is 31.1. The van der Waals surface area contributed by atoms with Crippen molar-refractivity contribution in [2.24, 2.45) is 5.92 Å². The molecule has 2 unspecified atom stereocenters. The van der Waals surface area contributed by atoms with Crippen LogP contribution in [0.25, 0.3) is 0 Å². The van der Waals surface area contributed by atoms with E-state index in [1.54, 1.807) is 0 Å². The first kappa shape index (κ1) is 11.4. The number of amides is 1. The summed E-state index contributed by atoms with van der Waals surface area (Å²) in [4.78, 5) is 23.0. The van der Waals surface area contributed by atoms with E-state index >= 15 is 0 Å². The van der Waals surface area contributed by atoms with Crippen LogP contribution in [0.4, 0.5) is 0 Å². The molecule has 0 aromatic carbocycles. The highest BCUT2D eigenvalue weighted by Crippen LogP contribution is 2.33. The van der Waals surface area contributed by atoms with Gasteiger partial charge in [0.25, 0.3) is 0 Å². The van der Waals surface area contributed by atoms with Crippen LogP contribution in [0.15, 0.2) is 0 Å². The standard InChI is InChI=1S/C11H18N2O3/c1-11(5-2-6-12-11)10(16)13-8(9(14)15)7-3-4-7/h7-8,12H,2-6H2,1H3,(H,13,16)(H,14,15). The molecule has 16 heavy (non-hydrogen) atoms. The molecule has 1 saturated heterocycles. The Bertz CT molecular complexity index is 306. The van der Waals surface area contributed by atoms with Crippen LogP contribution in [0, 0.1) is 5.92 Å². The zero-order valence-corrected chi connectivity index (χ0v) is 9.45. The zero-order chi connectivity index (χ0) is 11.8. The van der Waals surface area contributed by atoms with E-state index in [9.17, 15) is 9.59 Å². The van der Waals surface area contributed by atoms with E-state index in [0.29, 0.717) is 0 Å². The van der Waals surface area contributed by atoms with Crippen LogP contribution in [0.1, 0.15) is 32.6 Å². The van der Waals surface area contributed by atoms with Gasteiger partial charge in [-0.05, 0) is 45.1 Å². The van der Waals surface area contributed by atoms with E-state index in [4.69, 9.17) is 5.11 Å². The van der Waals surface area contributed by atoms with Crippen LogP contribution in [-0.4, -0.2) is 35.1 Å². The number of nitrogens with one attached hydrogen (secondary N) is 2. The highest BCUT2D eigenvalue weighted by molar-refractivity contribution is 5.90. The first-order valence-corrected chi connectivity index (χ1v) is 5.82. The van der Waals surface area contributed by atoms with Gasteiger partial charge in [-0.3, -0.25) is 4.79 Å². The van der Waals surface area contributed by atoms with Crippen molar-refractivity contribution in [2.45, 2.75) is 44.2 Å². The average molecular weight is 226 g/mol. The van der Waals surface area contributed by atoms with Crippen LogP contribution >= 0.6 is 0 Å². The van der Waals surface area contributed by atoms with E-state index in [1.165, 1.54) is 0 Å². The summed E-state index contributed by atoms with van der Waals surface area (Å²) in [6, 6.07) is -0.702. The molecule has 2 rings (SSSR count). The molecular formula is C11H18N2O3. The van der Waals surface area contributed by atoms with E-state index in [0.717, 1.165) is 32.2 Å². The maximum absolute atomic E-state index is 12.0. The summed E-state index contributed by atoms with van der Waals surface area (Å²) in [6.07, 6.45) is 3.55. The Hall–Kier alpha value is -1.10. The fourth-order valence-electron chi connectivity index (χ4n) is 2.20. The van der Waals surface area contributed by atoms with Gasteiger partial charge in [0.2, 0.25) is 5.91 Å². The second-order valence-corrected chi connectivity index (χ2v) is 4.99. The quantitative estimate of drug-likeness (QED) is 0.635. The number of carboxylic acids is 1. The van der Waals surface area contributed by atoms with Crippen molar-refractivity contribution >= 4 is 11.9 Å². The van der Waals surface area contributed by atoms with Gasteiger partial charge < -0.3 is 15.7 Å². The lowest BCUT2D eigenvalue weighted by molar-refractivity contribution is -0.143. The van der Waals surface area contributed by atoms with Crippen molar-refractivity contribution in [1.29, 1.82) is 0 Å². The highest BCUT2D eigenvalue weighted by atomic mass is 16.4. The molecule has 2 aliphatic rings. The topological polar surface area (TPSA) is 78.4 Å². The molecule has 2 fully saturated rings. The second kappa shape index (κ2) is 4.05. The number of hydrogen-bond acceptors (Lipinski definition) is 3. The van der Waals surface area contributed by atoms with Crippen LogP contribution in [0.2, 0.25) is 0 Å². The summed E-state index contributed by atoms with van der Waals surface area (Å²) < 4.78 is 0. The van der Waals surface area contributed by atoms with Crippen LogP contribution in [0.5, 0.6) is 0 Å². The minimum absolute atomic E-state index is 0.131. The summed E-state index contributed by atoms with van der Waals surface area (Å²) in [5.74, 6) is -0.965. The maximum Gasteiger partial charge on any atom is 0.326 e. The fraction of sp³-hybridized carbons (Fsp3) is 0.818. The van der Waals surface area contributed by atoms with Gasteiger partial charge in [-0.2, -0.15) is 0 Å². The first-order chi connectivity index (χ1) is 7.53. The van der Waals surface area contributed by atoms with Gasteiger partial charge in [0, 0.05) is 0 Å². The predicted octanol–water partition coefficient (Wildman–Crippen LogP) is 0.108. The molecule has 5 nitrogen and oxygen atoms in total. The van der Waals surface area contributed by atoms with E-state index in [-0.39, 0.29) is 11.8 Å². The Morgan fingerprint density at radius 2 is 2.19 bits per heavy atom. The van der Waals surface area contributed by atoms with Crippen molar-refractivity contribution in [3.8, 4) is 0 Å². The van der Waals surface area contributed by atoms with Crippen molar-refractivity contribution in [3.63, 3.8) is 0 Å². The summed E-state index contributed by atoms with van der Waals surface area (Å²) >= 11 is 0. The lowest BCUT2D eigenvalue weighted by atomic mass is 9.98. The molecule has 0 radical (unpaired) electrons. The molecular weight excluding hydrogens is 208 g/mol. The molecule has 0 bridgehead atoms. The van der Waals surface area contributed by atoms with Gasteiger partial charge in [-0.1, -0.05) is 0 Å². The zero-order valence-electron chi connectivity index (χ0n) is 9.45. The molecule has 1 heterocycles. The number of carbonyl (C=O) groups is 2. The maximum atomic E-state index is 12.0. The summed E-state index contributed by atoms with van der Waals surface area (Å²) in [5, 5.41) is 14.8. The van der Waals surface area contributed by atoms with Gasteiger partial charge in [0.15, 0.2) is 0 Å². The Kier molecular flexibility index (Phi) is 2.88. The predicted molar refractivity (Wildman–Crippen MR) is 57.9 cm³/mol. The van der Waals surface area contributed by atoms with E-state index in [2.05, 4.69) is 10.6 Å². The molecule has 0 aromatic rings. The molecule has 2 atom stereocenters. The van der Waals surface area contributed by atoms with E-state index in [1.807, 2.05) is 6.92 Å². The monoisotopic (exact) mass is 226 g/mol. The van der Waals surface area contributed by atoms with E-state index < -0.39 is 17.6 Å². The van der Waals surface area contributed by atoms with Gasteiger partial charge in [0.1, 0.15) is 6.04 Å². The molecule has 1 saturated carbocycles. The Morgan fingerprint density at radius 3 is 2.62 bits per heavy atom. The third-order valence-corrected chi connectivity index (χ3v) is 3.52. The molecule has 1 amide bonds. The fourth-order valence-corrected chi connectivity index (χ4v) is 2.20. The first-order valence-electron chi connectivity index (χ1n) is 5.82. The molecule has 1 aliphatic heterocycles. The van der Waals surface area contributed by atoms with Crippen molar-refractivity contribution in [1.82, 2.24) is 10.6 Å². The Balaban J connectivity index is 1.97. The lowest BCUT2D eigenvalue weighted by Crippen LogP contribution is -2.55. The third kappa shape index (κ3) is 2.19. The number of rotatable bonds is 4. The number of aliphatic carboxylic acids is 1.